The molecule has 1 N–H and O–H groups in total. The summed E-state index contributed by atoms with van der Waals surface area (Å²) in [6.45, 7) is 1.95. The maximum Gasteiger partial charge on any atom is 0.433 e. The highest BCUT2D eigenvalue weighted by atomic mass is 32.1. The maximum absolute atomic E-state index is 13.4. The standard InChI is InChI=1S/C25H24F3N5OS/c1-32-9-2-3-20(32)24(34)33-10-6-16(7-11-33)13-29-23-18-4-5-21(25(26,27)28)31-22(18)19(14-30-23)17-8-12-35-15-17/h2-5,8-9,12,14-16H,6-7,10-11,13H2,1H3,(H,29,30). The number of carbonyl (C=O) groups excluding carboxylic acids is 1. The first-order chi connectivity index (χ1) is 16.8. The smallest absolute Gasteiger partial charge is 0.369 e. The Morgan fingerprint density at radius 1 is 1.20 bits per heavy atom. The molecule has 182 valence electrons. The van der Waals surface area contributed by atoms with Crippen LogP contribution in [-0.2, 0) is 13.2 Å². The molecule has 0 aliphatic carbocycles. The van der Waals surface area contributed by atoms with Crippen LogP contribution in [0.5, 0.6) is 0 Å². The predicted octanol–water partition coefficient (Wildman–Crippen LogP) is 5.68. The average molecular weight is 500 g/mol. The van der Waals surface area contributed by atoms with Crippen LogP contribution in [0.15, 0.2) is 53.5 Å². The van der Waals surface area contributed by atoms with E-state index >= 15 is 0 Å². The Hall–Kier alpha value is -3.40. The quantitative estimate of drug-likeness (QED) is 0.384. The number of rotatable bonds is 5. The van der Waals surface area contributed by atoms with Gasteiger partial charge in [-0.2, -0.15) is 24.5 Å². The van der Waals surface area contributed by atoms with Gasteiger partial charge < -0.3 is 14.8 Å². The number of hydrogen-bond donors (Lipinski definition) is 1. The number of likely N-dealkylation sites (tertiary alicyclic amines) is 1. The van der Waals surface area contributed by atoms with Gasteiger partial charge in [0.25, 0.3) is 5.91 Å². The molecule has 10 heteroatoms. The van der Waals surface area contributed by atoms with E-state index in [1.54, 1.807) is 6.20 Å². The lowest BCUT2D eigenvalue weighted by Crippen LogP contribution is -2.40. The number of amides is 1. The van der Waals surface area contributed by atoms with Gasteiger partial charge in [0.1, 0.15) is 17.2 Å². The van der Waals surface area contributed by atoms with E-state index in [2.05, 4.69) is 15.3 Å². The van der Waals surface area contributed by atoms with Gasteiger partial charge in [0, 0.05) is 50.0 Å². The number of hydrogen-bond acceptors (Lipinski definition) is 5. The minimum Gasteiger partial charge on any atom is -0.369 e. The highest BCUT2D eigenvalue weighted by molar-refractivity contribution is 7.08. The van der Waals surface area contributed by atoms with Crippen LogP contribution in [0, 0.1) is 5.92 Å². The van der Waals surface area contributed by atoms with E-state index in [0.717, 1.165) is 24.5 Å². The third kappa shape index (κ3) is 4.75. The maximum atomic E-state index is 13.4. The number of nitrogens with one attached hydrogen (secondary N) is 1. The lowest BCUT2D eigenvalue weighted by molar-refractivity contribution is -0.140. The Morgan fingerprint density at radius 3 is 2.66 bits per heavy atom. The third-order valence-electron chi connectivity index (χ3n) is 6.47. The zero-order valence-corrected chi connectivity index (χ0v) is 19.9. The van der Waals surface area contributed by atoms with Crippen molar-refractivity contribution in [2.24, 2.45) is 13.0 Å². The van der Waals surface area contributed by atoms with E-state index in [-0.39, 0.29) is 11.4 Å². The fourth-order valence-corrected chi connectivity index (χ4v) is 5.13. The minimum atomic E-state index is -4.53. The van der Waals surface area contributed by atoms with Gasteiger partial charge in [-0.05, 0) is 65.4 Å². The second kappa shape index (κ2) is 9.33. The molecule has 1 aliphatic rings. The molecule has 1 saturated heterocycles. The van der Waals surface area contributed by atoms with Gasteiger partial charge >= 0.3 is 6.18 Å². The molecule has 5 rings (SSSR count). The Morgan fingerprint density at radius 2 is 2.00 bits per heavy atom. The molecule has 0 radical (unpaired) electrons. The van der Waals surface area contributed by atoms with E-state index in [1.807, 2.05) is 51.7 Å². The fourth-order valence-electron chi connectivity index (χ4n) is 4.47. The van der Waals surface area contributed by atoms with Gasteiger partial charge in [-0.1, -0.05) is 0 Å². The van der Waals surface area contributed by atoms with Gasteiger partial charge in [0.15, 0.2) is 0 Å². The van der Waals surface area contributed by atoms with Crippen molar-refractivity contribution in [1.29, 1.82) is 0 Å². The first-order valence-electron chi connectivity index (χ1n) is 11.4. The van der Waals surface area contributed by atoms with Crippen molar-refractivity contribution in [2.45, 2.75) is 19.0 Å². The summed E-state index contributed by atoms with van der Waals surface area (Å²) in [5.74, 6) is 0.873. The molecule has 4 aromatic heterocycles. The number of nitrogens with zero attached hydrogens (tertiary/aromatic N) is 4. The molecule has 0 saturated carbocycles. The van der Waals surface area contributed by atoms with E-state index in [0.29, 0.717) is 48.0 Å². The molecule has 0 atom stereocenters. The molecule has 1 aliphatic heterocycles. The first kappa shape index (κ1) is 23.3. The zero-order valence-electron chi connectivity index (χ0n) is 19.0. The van der Waals surface area contributed by atoms with Crippen LogP contribution in [0.25, 0.3) is 22.0 Å². The summed E-state index contributed by atoms with van der Waals surface area (Å²) < 4.78 is 41.9. The summed E-state index contributed by atoms with van der Waals surface area (Å²) in [4.78, 5) is 23.1. The number of aromatic nitrogens is 3. The van der Waals surface area contributed by atoms with Crippen molar-refractivity contribution in [3.05, 3.63) is 64.9 Å². The van der Waals surface area contributed by atoms with Gasteiger partial charge in [-0.3, -0.25) is 4.79 Å². The van der Waals surface area contributed by atoms with Crippen LogP contribution in [0.3, 0.4) is 0 Å². The molecular weight excluding hydrogens is 475 g/mol. The van der Waals surface area contributed by atoms with Gasteiger partial charge in [0.05, 0.1) is 5.52 Å². The number of alkyl halides is 3. The Bertz CT molecular complexity index is 1340. The van der Waals surface area contributed by atoms with E-state index in [9.17, 15) is 18.0 Å². The van der Waals surface area contributed by atoms with Crippen molar-refractivity contribution < 1.29 is 18.0 Å². The van der Waals surface area contributed by atoms with Crippen LogP contribution in [0.4, 0.5) is 19.0 Å². The SMILES string of the molecule is Cn1cccc1C(=O)N1CCC(CNc2ncc(-c3ccsc3)c3nc(C(F)(F)F)ccc23)CC1. The van der Waals surface area contributed by atoms with Crippen LogP contribution in [0.2, 0.25) is 0 Å². The molecular formula is C25H24F3N5OS. The molecule has 0 unspecified atom stereocenters. The van der Waals surface area contributed by atoms with Crippen LogP contribution in [0.1, 0.15) is 29.0 Å². The van der Waals surface area contributed by atoms with Crippen LogP contribution >= 0.6 is 11.3 Å². The third-order valence-corrected chi connectivity index (χ3v) is 7.16. The minimum absolute atomic E-state index is 0.0344. The second-order valence-corrected chi connectivity index (χ2v) is 9.52. The van der Waals surface area contributed by atoms with E-state index in [4.69, 9.17) is 0 Å². The predicted molar refractivity (Wildman–Crippen MR) is 130 cm³/mol. The molecule has 1 amide bonds. The average Bonchev–Trinajstić information content (AvgIpc) is 3.53. The van der Waals surface area contributed by atoms with Crippen molar-refractivity contribution in [1.82, 2.24) is 19.4 Å². The van der Waals surface area contributed by atoms with E-state index < -0.39 is 11.9 Å². The second-order valence-electron chi connectivity index (χ2n) is 8.74. The largest absolute Gasteiger partial charge is 0.433 e. The summed E-state index contributed by atoms with van der Waals surface area (Å²) in [5, 5.41) is 7.63. The number of fused-ring (bicyclic) bond motifs is 1. The normalized spacial score (nSPS) is 15.0. The Labute approximate surface area is 204 Å². The number of thiophene rings is 1. The number of halogens is 3. The van der Waals surface area contributed by atoms with Crippen LogP contribution in [-0.4, -0.2) is 45.0 Å². The van der Waals surface area contributed by atoms with E-state index in [1.165, 1.54) is 17.4 Å². The van der Waals surface area contributed by atoms with Crippen molar-refractivity contribution in [2.75, 3.05) is 25.0 Å². The molecule has 0 spiro atoms. The molecule has 0 bridgehead atoms. The molecule has 1 fully saturated rings. The summed E-state index contributed by atoms with van der Waals surface area (Å²) >= 11 is 1.47. The van der Waals surface area contributed by atoms with Gasteiger partial charge in [-0.15, -0.1) is 0 Å². The van der Waals surface area contributed by atoms with Crippen LogP contribution < -0.4 is 5.32 Å². The number of piperidine rings is 1. The van der Waals surface area contributed by atoms with Crippen molar-refractivity contribution >= 4 is 34.0 Å². The summed E-state index contributed by atoms with van der Waals surface area (Å²) in [7, 11) is 1.86. The topological polar surface area (TPSA) is 63.1 Å². The molecule has 0 aromatic carbocycles. The lowest BCUT2D eigenvalue weighted by Gasteiger charge is -2.32. The van der Waals surface area contributed by atoms with Gasteiger partial charge in [-0.25, -0.2) is 9.97 Å². The lowest BCUT2D eigenvalue weighted by atomic mass is 9.96. The molecule has 35 heavy (non-hydrogen) atoms. The van der Waals surface area contributed by atoms with Crippen molar-refractivity contribution in [3.63, 3.8) is 0 Å². The number of pyridine rings is 2. The monoisotopic (exact) mass is 499 g/mol. The summed E-state index contributed by atoms with van der Waals surface area (Å²) in [6.07, 6.45) is 0.593. The zero-order chi connectivity index (χ0) is 24.6. The highest BCUT2D eigenvalue weighted by Crippen LogP contribution is 2.35. The number of carbonyl (C=O) groups is 1. The number of aryl methyl sites for hydroxylation is 1. The molecule has 4 aromatic rings. The Balaban J connectivity index is 1.31. The summed E-state index contributed by atoms with van der Waals surface area (Å²) in [5.41, 5.74) is 1.40. The Kier molecular flexibility index (Phi) is 6.22. The van der Waals surface area contributed by atoms with Gasteiger partial charge in [0.2, 0.25) is 0 Å². The molecule has 5 heterocycles. The fraction of sp³-hybridized carbons (Fsp3) is 0.320. The highest BCUT2D eigenvalue weighted by Gasteiger charge is 2.33. The van der Waals surface area contributed by atoms with Crippen molar-refractivity contribution in [3.8, 4) is 11.1 Å². The number of anilines is 1. The summed E-state index contributed by atoms with van der Waals surface area (Å²) in [6, 6.07) is 7.97. The first-order valence-corrected chi connectivity index (χ1v) is 12.3. The molecule has 6 nitrogen and oxygen atoms in total.